The van der Waals surface area contributed by atoms with E-state index in [1.165, 1.54) is 12.2 Å². The molecule has 6 N–H and O–H groups in total. The van der Waals surface area contributed by atoms with Crippen LogP contribution in [-0.4, -0.2) is 98.0 Å². The van der Waals surface area contributed by atoms with Crippen LogP contribution in [0.4, 0.5) is 10.5 Å². The fraction of sp³-hybridized carbons (Fsp3) is 0.545. The van der Waals surface area contributed by atoms with Crippen LogP contribution in [-0.2, 0) is 49.6 Å². The number of ether oxygens (including phenoxy) is 3. The Bertz CT molecular complexity index is 1340. The number of benzene rings is 1. The molecule has 2 atom stereocenters. The van der Waals surface area contributed by atoms with Gasteiger partial charge in [0, 0.05) is 24.4 Å². The van der Waals surface area contributed by atoms with Crippen molar-refractivity contribution in [1.82, 2.24) is 20.9 Å². The number of urea groups is 1. The van der Waals surface area contributed by atoms with Crippen LogP contribution in [0.2, 0.25) is 0 Å². The number of hydrogen-bond donors (Lipinski definition) is 5. The first-order valence-electron chi connectivity index (χ1n) is 16.0. The molecule has 0 aromatic heterocycles. The van der Waals surface area contributed by atoms with Crippen LogP contribution < -0.4 is 27.0 Å². The number of nitrogens with one attached hydrogen (secondary N) is 4. The van der Waals surface area contributed by atoms with Gasteiger partial charge in [-0.25, -0.2) is 4.79 Å². The first-order valence-corrected chi connectivity index (χ1v) is 16.0. The van der Waals surface area contributed by atoms with Gasteiger partial charge in [0.2, 0.25) is 17.7 Å². The van der Waals surface area contributed by atoms with E-state index in [-0.39, 0.29) is 64.4 Å². The van der Waals surface area contributed by atoms with E-state index in [9.17, 15) is 33.6 Å². The van der Waals surface area contributed by atoms with Crippen molar-refractivity contribution in [2.24, 2.45) is 17.1 Å². The Labute approximate surface area is 285 Å². The molecule has 1 aliphatic rings. The Morgan fingerprint density at radius 1 is 0.878 bits per heavy atom. The van der Waals surface area contributed by atoms with Crippen molar-refractivity contribution >= 4 is 47.2 Å². The molecular formula is C33H48N6O10. The predicted octanol–water partition coefficient (Wildman–Crippen LogP) is 0.747. The molecule has 0 fully saturated rings. The third kappa shape index (κ3) is 14.9. The maximum Gasteiger partial charge on any atom is 0.312 e. The normalized spacial score (nSPS) is 14.0. The molecule has 0 saturated heterocycles. The molecule has 0 bridgehead atoms. The number of anilines is 1. The first-order chi connectivity index (χ1) is 23.1. The van der Waals surface area contributed by atoms with Crippen LogP contribution >= 0.6 is 0 Å². The van der Waals surface area contributed by atoms with Crippen LogP contribution in [0.3, 0.4) is 0 Å². The Hall–Kier alpha value is -4.83. The molecule has 0 radical (unpaired) electrons. The average Bonchev–Trinajstić information content (AvgIpc) is 3.35. The molecule has 2 rings (SSSR count). The number of amides is 7. The number of esters is 1. The van der Waals surface area contributed by atoms with Crippen LogP contribution in [0.15, 0.2) is 36.4 Å². The lowest BCUT2D eigenvalue weighted by Crippen LogP contribution is -2.55. The summed E-state index contributed by atoms with van der Waals surface area (Å²) in [4.78, 5) is 86.5. The molecule has 16 heteroatoms. The lowest BCUT2D eigenvalue weighted by Gasteiger charge is -2.25. The average molecular weight is 689 g/mol. The molecule has 1 aromatic carbocycles. The number of rotatable bonds is 20. The highest BCUT2D eigenvalue weighted by molar-refractivity contribution is 6.12. The second-order valence-electron chi connectivity index (χ2n) is 12.6. The predicted molar refractivity (Wildman–Crippen MR) is 177 cm³/mol. The van der Waals surface area contributed by atoms with Gasteiger partial charge in [0.05, 0.1) is 31.8 Å². The monoisotopic (exact) mass is 688 g/mol. The highest BCUT2D eigenvalue weighted by atomic mass is 16.5. The molecule has 0 spiro atoms. The number of carbonyl (C=O) groups excluding carboxylic acids is 7. The summed E-state index contributed by atoms with van der Waals surface area (Å²) in [6.07, 6.45) is 2.84. The van der Waals surface area contributed by atoms with Crippen molar-refractivity contribution < 1.29 is 47.8 Å². The highest BCUT2D eigenvalue weighted by Gasteiger charge is 2.29. The number of primary amides is 1. The molecular weight excluding hydrogens is 640 g/mol. The van der Waals surface area contributed by atoms with Crippen molar-refractivity contribution in [2.45, 2.75) is 66.2 Å². The van der Waals surface area contributed by atoms with Crippen LogP contribution in [0.25, 0.3) is 0 Å². The minimum Gasteiger partial charge on any atom is -0.460 e. The van der Waals surface area contributed by atoms with Gasteiger partial charge < -0.3 is 41.2 Å². The van der Waals surface area contributed by atoms with E-state index in [1.54, 1.807) is 58.9 Å². The lowest BCUT2D eigenvalue weighted by molar-refractivity contribution is -0.154. The molecule has 16 nitrogen and oxygen atoms in total. The minimum atomic E-state index is -1.02. The van der Waals surface area contributed by atoms with Crippen molar-refractivity contribution in [3.63, 3.8) is 0 Å². The number of carbonyl (C=O) groups is 7. The third-order valence-corrected chi connectivity index (χ3v) is 7.04. The second kappa shape index (κ2) is 19.9. The molecule has 270 valence electrons. The summed E-state index contributed by atoms with van der Waals surface area (Å²) < 4.78 is 16.0. The Morgan fingerprint density at radius 2 is 1.51 bits per heavy atom. The molecule has 0 saturated carbocycles. The molecule has 0 unspecified atom stereocenters. The summed E-state index contributed by atoms with van der Waals surface area (Å²) in [5, 5.41) is 10.5. The number of nitrogens with zero attached hydrogens (tertiary/aromatic N) is 1. The van der Waals surface area contributed by atoms with E-state index in [2.05, 4.69) is 21.3 Å². The van der Waals surface area contributed by atoms with Crippen molar-refractivity contribution in [1.29, 1.82) is 0 Å². The number of hydrogen-bond acceptors (Lipinski definition) is 10. The largest absolute Gasteiger partial charge is 0.460 e. The van der Waals surface area contributed by atoms with E-state index < -0.39 is 53.1 Å². The van der Waals surface area contributed by atoms with Crippen molar-refractivity contribution in [3.05, 3.63) is 42.0 Å². The summed E-state index contributed by atoms with van der Waals surface area (Å²) in [6, 6.07) is 3.94. The Morgan fingerprint density at radius 3 is 2.10 bits per heavy atom. The smallest absolute Gasteiger partial charge is 0.312 e. The third-order valence-electron chi connectivity index (χ3n) is 7.04. The van der Waals surface area contributed by atoms with Crippen LogP contribution in [0.1, 0.15) is 53.0 Å². The molecule has 0 aliphatic carbocycles. The van der Waals surface area contributed by atoms with E-state index in [0.717, 1.165) is 10.5 Å². The second-order valence-corrected chi connectivity index (χ2v) is 12.6. The molecule has 49 heavy (non-hydrogen) atoms. The fourth-order valence-corrected chi connectivity index (χ4v) is 4.27. The number of nitrogens with two attached hydrogens (primary N) is 1. The topological polar surface area (TPSA) is 225 Å². The maximum atomic E-state index is 13.3. The van der Waals surface area contributed by atoms with E-state index >= 15 is 0 Å². The Kier molecular flexibility index (Phi) is 16.4. The standard InChI is InChI=1S/C33H48N6O10/c1-21(2)28(38-25(40)20-48-18-17-47-16-15-39-26(41)12-13-27(39)42)30(44)37-24(7-6-14-35-32(34)46)29(43)36-23-10-8-22(9-11-23)19-49-31(45)33(3,4)5/h8-13,21,24,28H,6-7,14-20H2,1-5H3,(H,36,43)(H,37,44)(H,38,40)(H3,34,35,46)/t24-,28-/m0/s1. The van der Waals surface area contributed by atoms with E-state index in [0.29, 0.717) is 12.1 Å². The molecule has 1 aliphatic heterocycles. The van der Waals surface area contributed by atoms with Gasteiger partial charge in [-0.15, -0.1) is 0 Å². The van der Waals surface area contributed by atoms with Gasteiger partial charge in [0.1, 0.15) is 25.3 Å². The van der Waals surface area contributed by atoms with Gasteiger partial charge in [-0.05, 0) is 57.2 Å². The van der Waals surface area contributed by atoms with Gasteiger partial charge in [-0.2, -0.15) is 0 Å². The van der Waals surface area contributed by atoms with E-state index in [1.807, 2.05) is 0 Å². The summed E-state index contributed by atoms with van der Waals surface area (Å²) in [7, 11) is 0. The molecule has 1 heterocycles. The maximum absolute atomic E-state index is 13.3. The summed E-state index contributed by atoms with van der Waals surface area (Å²) in [5.74, 6) is -3.17. The minimum absolute atomic E-state index is 0.0523. The summed E-state index contributed by atoms with van der Waals surface area (Å²) in [5.41, 5.74) is 5.65. The molecule has 1 aromatic rings. The van der Waals surface area contributed by atoms with Crippen LogP contribution in [0, 0.1) is 11.3 Å². The lowest BCUT2D eigenvalue weighted by atomic mass is 9.97. The zero-order valence-corrected chi connectivity index (χ0v) is 28.7. The van der Waals surface area contributed by atoms with E-state index in [4.69, 9.17) is 19.9 Å². The van der Waals surface area contributed by atoms with Gasteiger partial charge in [-0.3, -0.25) is 33.7 Å². The number of imide groups is 1. The summed E-state index contributed by atoms with van der Waals surface area (Å²) >= 11 is 0. The molecule has 7 amide bonds. The SMILES string of the molecule is CC(C)[C@H](NC(=O)COCCOCCN1C(=O)C=CC1=O)C(=O)N[C@@H](CCCNC(N)=O)C(=O)Nc1ccc(COC(=O)C(C)(C)C)cc1. The van der Waals surface area contributed by atoms with Gasteiger partial charge in [-0.1, -0.05) is 26.0 Å². The van der Waals surface area contributed by atoms with Gasteiger partial charge in [0.25, 0.3) is 11.8 Å². The van der Waals surface area contributed by atoms with Crippen molar-refractivity contribution in [3.8, 4) is 0 Å². The first kappa shape index (κ1) is 40.3. The summed E-state index contributed by atoms with van der Waals surface area (Å²) in [6.45, 7) is 8.99. The Balaban J connectivity index is 1.90. The van der Waals surface area contributed by atoms with Gasteiger partial charge >= 0.3 is 12.0 Å². The van der Waals surface area contributed by atoms with Crippen molar-refractivity contribution in [2.75, 3.05) is 44.8 Å². The van der Waals surface area contributed by atoms with Gasteiger partial charge in [0.15, 0.2) is 0 Å². The zero-order valence-electron chi connectivity index (χ0n) is 28.7. The van der Waals surface area contributed by atoms with Crippen LogP contribution in [0.5, 0.6) is 0 Å². The fourth-order valence-electron chi connectivity index (χ4n) is 4.27. The quantitative estimate of drug-likeness (QED) is 0.0734. The highest BCUT2D eigenvalue weighted by Crippen LogP contribution is 2.18. The zero-order chi connectivity index (χ0) is 36.6.